The van der Waals surface area contributed by atoms with Crippen molar-refractivity contribution in [1.82, 2.24) is 0 Å². The number of ether oxygens (including phenoxy) is 1. The van der Waals surface area contributed by atoms with E-state index in [1.165, 1.54) is 0 Å². The second kappa shape index (κ2) is 5.40. The summed E-state index contributed by atoms with van der Waals surface area (Å²) in [6.07, 6.45) is 4.17. The standard InChI is InChI=1S/C14H20N2O2/c1-9-6-7-10(14(16)17)13(8-9)18-12-5-3-2-4-11(12)15/h6-8,11-12H,2-5,15H2,1H3,(H2,16,17). The zero-order chi connectivity index (χ0) is 13.1. The summed E-state index contributed by atoms with van der Waals surface area (Å²) in [4.78, 5) is 11.4. The van der Waals surface area contributed by atoms with Crippen molar-refractivity contribution in [3.05, 3.63) is 29.3 Å². The van der Waals surface area contributed by atoms with E-state index in [1.807, 2.05) is 19.1 Å². The Hall–Kier alpha value is -1.55. The fraction of sp³-hybridized carbons (Fsp3) is 0.500. The molecule has 1 saturated carbocycles. The number of nitrogens with two attached hydrogens (primary N) is 2. The zero-order valence-electron chi connectivity index (χ0n) is 10.7. The molecule has 0 bridgehead atoms. The molecule has 4 N–H and O–H groups in total. The number of carbonyl (C=O) groups excluding carboxylic acids is 1. The van der Waals surface area contributed by atoms with Crippen LogP contribution in [-0.2, 0) is 0 Å². The first kappa shape index (κ1) is 12.9. The van der Waals surface area contributed by atoms with E-state index < -0.39 is 5.91 Å². The van der Waals surface area contributed by atoms with Crippen LogP contribution in [0, 0.1) is 6.92 Å². The van der Waals surface area contributed by atoms with E-state index in [2.05, 4.69) is 0 Å². The van der Waals surface area contributed by atoms with Crippen LogP contribution in [0.1, 0.15) is 41.6 Å². The molecule has 0 aliphatic heterocycles. The monoisotopic (exact) mass is 248 g/mol. The molecule has 0 radical (unpaired) electrons. The molecule has 0 spiro atoms. The third-order valence-electron chi connectivity index (χ3n) is 3.43. The Kier molecular flexibility index (Phi) is 3.87. The van der Waals surface area contributed by atoms with Crippen molar-refractivity contribution in [3.8, 4) is 5.75 Å². The first-order chi connectivity index (χ1) is 8.58. The van der Waals surface area contributed by atoms with Crippen LogP contribution in [-0.4, -0.2) is 18.1 Å². The second-order valence-corrected chi connectivity index (χ2v) is 4.97. The van der Waals surface area contributed by atoms with Crippen LogP contribution < -0.4 is 16.2 Å². The van der Waals surface area contributed by atoms with Crippen molar-refractivity contribution >= 4 is 5.91 Å². The predicted octanol–water partition coefficient (Wildman–Crippen LogP) is 1.74. The zero-order valence-corrected chi connectivity index (χ0v) is 10.7. The van der Waals surface area contributed by atoms with Gasteiger partial charge in [0.2, 0.25) is 0 Å². The van der Waals surface area contributed by atoms with Crippen LogP contribution in [0.25, 0.3) is 0 Å². The van der Waals surface area contributed by atoms with Gasteiger partial charge in [0.15, 0.2) is 0 Å². The predicted molar refractivity (Wildman–Crippen MR) is 70.6 cm³/mol. The van der Waals surface area contributed by atoms with Gasteiger partial charge in [0.25, 0.3) is 5.91 Å². The molecule has 2 atom stereocenters. The molecule has 0 saturated heterocycles. The number of rotatable bonds is 3. The minimum absolute atomic E-state index is 0.0151. The van der Waals surface area contributed by atoms with Gasteiger partial charge in [-0.1, -0.05) is 12.5 Å². The molecule has 1 aromatic rings. The smallest absolute Gasteiger partial charge is 0.252 e. The van der Waals surface area contributed by atoms with E-state index in [4.69, 9.17) is 16.2 Å². The summed E-state index contributed by atoms with van der Waals surface area (Å²) in [6, 6.07) is 5.45. The lowest BCUT2D eigenvalue weighted by molar-refractivity contribution is 0.0981. The fourth-order valence-electron chi connectivity index (χ4n) is 2.37. The Morgan fingerprint density at radius 3 is 2.72 bits per heavy atom. The number of hydrogen-bond donors (Lipinski definition) is 2. The van der Waals surface area contributed by atoms with Crippen molar-refractivity contribution in [2.24, 2.45) is 11.5 Å². The van der Waals surface area contributed by atoms with Gasteiger partial charge in [-0.15, -0.1) is 0 Å². The molecular weight excluding hydrogens is 228 g/mol. The Bertz CT molecular complexity index is 445. The molecule has 0 aromatic heterocycles. The molecule has 1 aliphatic rings. The number of carbonyl (C=O) groups is 1. The molecule has 1 aliphatic carbocycles. The average Bonchev–Trinajstić information content (AvgIpc) is 2.32. The maximum absolute atomic E-state index is 11.4. The lowest BCUT2D eigenvalue weighted by Crippen LogP contribution is -2.41. The summed E-state index contributed by atoms with van der Waals surface area (Å²) >= 11 is 0. The van der Waals surface area contributed by atoms with Gasteiger partial charge in [-0.05, 0) is 43.9 Å². The summed E-state index contributed by atoms with van der Waals surface area (Å²) in [5, 5.41) is 0. The highest BCUT2D eigenvalue weighted by Crippen LogP contribution is 2.26. The van der Waals surface area contributed by atoms with E-state index in [-0.39, 0.29) is 12.1 Å². The highest BCUT2D eigenvalue weighted by Gasteiger charge is 2.24. The van der Waals surface area contributed by atoms with Gasteiger partial charge in [0.05, 0.1) is 5.56 Å². The summed E-state index contributed by atoms with van der Waals surface area (Å²) in [7, 11) is 0. The van der Waals surface area contributed by atoms with Gasteiger partial charge in [-0.2, -0.15) is 0 Å². The van der Waals surface area contributed by atoms with Crippen LogP contribution >= 0.6 is 0 Å². The molecule has 1 amide bonds. The lowest BCUT2D eigenvalue weighted by atomic mass is 9.93. The minimum Gasteiger partial charge on any atom is -0.488 e. The highest BCUT2D eigenvalue weighted by atomic mass is 16.5. The van der Waals surface area contributed by atoms with Gasteiger partial charge in [-0.3, -0.25) is 4.79 Å². The number of aryl methyl sites for hydroxylation is 1. The van der Waals surface area contributed by atoms with Gasteiger partial charge in [-0.25, -0.2) is 0 Å². The summed E-state index contributed by atoms with van der Waals surface area (Å²) in [5.74, 6) is 0.0965. The fourth-order valence-corrected chi connectivity index (χ4v) is 2.37. The second-order valence-electron chi connectivity index (χ2n) is 4.97. The summed E-state index contributed by atoms with van der Waals surface area (Å²) in [5.41, 5.74) is 12.9. The van der Waals surface area contributed by atoms with E-state index in [9.17, 15) is 4.79 Å². The average molecular weight is 248 g/mol. The molecule has 4 nitrogen and oxygen atoms in total. The molecular formula is C14H20N2O2. The van der Waals surface area contributed by atoms with Gasteiger partial charge in [0.1, 0.15) is 11.9 Å². The number of benzene rings is 1. The minimum atomic E-state index is -0.464. The van der Waals surface area contributed by atoms with E-state index in [0.717, 1.165) is 31.2 Å². The van der Waals surface area contributed by atoms with Gasteiger partial charge >= 0.3 is 0 Å². The molecule has 1 fully saturated rings. The van der Waals surface area contributed by atoms with Crippen LogP contribution in [0.5, 0.6) is 5.75 Å². The summed E-state index contributed by atoms with van der Waals surface area (Å²) < 4.78 is 5.92. The number of primary amides is 1. The molecule has 4 heteroatoms. The van der Waals surface area contributed by atoms with E-state index in [1.54, 1.807) is 6.07 Å². The van der Waals surface area contributed by atoms with E-state index >= 15 is 0 Å². The highest BCUT2D eigenvalue weighted by molar-refractivity contribution is 5.95. The first-order valence-corrected chi connectivity index (χ1v) is 6.40. The van der Waals surface area contributed by atoms with Gasteiger partial charge < -0.3 is 16.2 Å². The van der Waals surface area contributed by atoms with Crippen molar-refractivity contribution in [3.63, 3.8) is 0 Å². The van der Waals surface area contributed by atoms with Crippen molar-refractivity contribution in [2.45, 2.75) is 44.8 Å². The maximum atomic E-state index is 11.4. The Morgan fingerprint density at radius 2 is 2.06 bits per heavy atom. The van der Waals surface area contributed by atoms with Crippen LogP contribution in [0.4, 0.5) is 0 Å². The molecule has 2 unspecified atom stereocenters. The Balaban J connectivity index is 2.21. The number of hydrogen-bond acceptors (Lipinski definition) is 3. The molecule has 1 aromatic carbocycles. The molecule has 0 heterocycles. The van der Waals surface area contributed by atoms with Crippen LogP contribution in [0.15, 0.2) is 18.2 Å². The van der Waals surface area contributed by atoms with Crippen molar-refractivity contribution in [2.75, 3.05) is 0 Å². The largest absolute Gasteiger partial charge is 0.488 e. The molecule has 98 valence electrons. The van der Waals surface area contributed by atoms with E-state index in [0.29, 0.717) is 11.3 Å². The SMILES string of the molecule is Cc1ccc(C(N)=O)c(OC2CCCCC2N)c1. The number of amides is 1. The molecule has 18 heavy (non-hydrogen) atoms. The molecule has 2 rings (SSSR count). The summed E-state index contributed by atoms with van der Waals surface area (Å²) in [6.45, 7) is 1.96. The third-order valence-corrected chi connectivity index (χ3v) is 3.43. The quantitative estimate of drug-likeness (QED) is 0.855. The topological polar surface area (TPSA) is 78.3 Å². The van der Waals surface area contributed by atoms with Gasteiger partial charge in [0, 0.05) is 6.04 Å². The van der Waals surface area contributed by atoms with Crippen molar-refractivity contribution in [1.29, 1.82) is 0 Å². The van der Waals surface area contributed by atoms with Crippen LogP contribution in [0.2, 0.25) is 0 Å². The maximum Gasteiger partial charge on any atom is 0.252 e. The Morgan fingerprint density at radius 1 is 1.33 bits per heavy atom. The van der Waals surface area contributed by atoms with Crippen LogP contribution in [0.3, 0.4) is 0 Å². The normalized spacial score (nSPS) is 23.7. The third kappa shape index (κ3) is 2.82. The first-order valence-electron chi connectivity index (χ1n) is 6.40. The van der Waals surface area contributed by atoms with Crippen molar-refractivity contribution < 1.29 is 9.53 Å². The lowest BCUT2D eigenvalue weighted by Gasteiger charge is -2.29. The Labute approximate surface area is 107 Å².